The Hall–Kier alpha value is -2.63. The molecule has 3 aromatic rings. The smallest absolute Gasteiger partial charge is 0.272 e. The monoisotopic (exact) mass is 284 g/mol. The first-order valence-corrected chi connectivity index (χ1v) is 6.81. The van der Waals surface area contributed by atoms with Crippen molar-refractivity contribution >= 4 is 17.0 Å². The molecule has 0 fully saturated rings. The third-order valence-electron chi connectivity index (χ3n) is 3.11. The van der Waals surface area contributed by atoms with Crippen molar-refractivity contribution in [2.45, 2.75) is 26.4 Å². The van der Waals surface area contributed by atoms with Crippen molar-refractivity contribution in [1.82, 2.24) is 20.1 Å². The quantitative estimate of drug-likeness (QED) is 0.799. The summed E-state index contributed by atoms with van der Waals surface area (Å²) in [5.41, 5.74) is 1.89. The number of aromatic nitrogens is 3. The highest BCUT2D eigenvalue weighted by Gasteiger charge is 2.12. The maximum absolute atomic E-state index is 12.0. The zero-order valence-electron chi connectivity index (χ0n) is 11.9. The molecule has 2 heterocycles. The minimum absolute atomic E-state index is 0.226. The van der Waals surface area contributed by atoms with Crippen molar-refractivity contribution < 1.29 is 9.21 Å². The zero-order valence-corrected chi connectivity index (χ0v) is 11.9. The van der Waals surface area contributed by atoms with E-state index in [2.05, 4.69) is 15.4 Å². The second-order valence-electron chi connectivity index (χ2n) is 5.03. The number of oxazole rings is 1. The molecule has 0 atom stereocenters. The van der Waals surface area contributed by atoms with E-state index >= 15 is 0 Å². The molecule has 6 heteroatoms. The fourth-order valence-electron chi connectivity index (χ4n) is 1.99. The van der Waals surface area contributed by atoms with E-state index in [1.165, 1.54) is 0 Å². The number of rotatable bonds is 4. The molecule has 0 aliphatic carbocycles. The molecular formula is C15H16N4O2. The van der Waals surface area contributed by atoms with Crippen LogP contribution < -0.4 is 5.32 Å². The fourth-order valence-corrected chi connectivity index (χ4v) is 1.99. The van der Waals surface area contributed by atoms with E-state index < -0.39 is 0 Å². The molecule has 1 aromatic carbocycles. The van der Waals surface area contributed by atoms with Gasteiger partial charge in [0, 0.05) is 12.2 Å². The molecule has 0 aliphatic heterocycles. The first kappa shape index (κ1) is 13.4. The summed E-state index contributed by atoms with van der Waals surface area (Å²) in [4.78, 5) is 16.3. The van der Waals surface area contributed by atoms with Gasteiger partial charge in [0.1, 0.15) is 11.2 Å². The summed E-state index contributed by atoms with van der Waals surface area (Å²) in [6, 6.07) is 9.41. The van der Waals surface area contributed by atoms with Crippen LogP contribution in [0.3, 0.4) is 0 Å². The molecule has 108 valence electrons. The molecule has 1 N–H and O–H groups in total. The van der Waals surface area contributed by atoms with Crippen LogP contribution in [-0.2, 0) is 6.54 Å². The zero-order chi connectivity index (χ0) is 14.8. The third-order valence-corrected chi connectivity index (χ3v) is 3.11. The van der Waals surface area contributed by atoms with Crippen LogP contribution in [0, 0.1) is 0 Å². The Labute approximate surface area is 121 Å². The van der Waals surface area contributed by atoms with Crippen LogP contribution in [0.1, 0.15) is 36.3 Å². The van der Waals surface area contributed by atoms with E-state index in [9.17, 15) is 4.79 Å². The van der Waals surface area contributed by atoms with Crippen LogP contribution in [0.15, 0.2) is 40.9 Å². The first-order chi connectivity index (χ1) is 10.1. The summed E-state index contributed by atoms with van der Waals surface area (Å²) < 4.78 is 7.29. The fraction of sp³-hybridized carbons (Fsp3) is 0.267. The number of para-hydroxylation sites is 2. The highest BCUT2D eigenvalue weighted by atomic mass is 16.3. The Bertz CT molecular complexity index is 740. The molecule has 6 nitrogen and oxygen atoms in total. The number of carbonyl (C=O) groups excluding carboxylic acids is 1. The van der Waals surface area contributed by atoms with Crippen LogP contribution >= 0.6 is 0 Å². The van der Waals surface area contributed by atoms with Crippen LogP contribution in [0.2, 0.25) is 0 Å². The summed E-state index contributed by atoms with van der Waals surface area (Å²) in [7, 11) is 0. The number of hydrogen-bond donors (Lipinski definition) is 1. The SMILES string of the molecule is CC(C)n1ccc(C(=O)NCc2nc3ccccc3o2)n1. The van der Waals surface area contributed by atoms with E-state index in [-0.39, 0.29) is 18.5 Å². The van der Waals surface area contributed by atoms with Gasteiger partial charge in [-0.3, -0.25) is 9.48 Å². The Balaban J connectivity index is 1.67. The second-order valence-corrected chi connectivity index (χ2v) is 5.03. The molecule has 0 bridgehead atoms. The van der Waals surface area contributed by atoms with Crippen molar-refractivity contribution in [3.8, 4) is 0 Å². The maximum atomic E-state index is 12.0. The molecule has 0 spiro atoms. The highest BCUT2D eigenvalue weighted by molar-refractivity contribution is 5.92. The lowest BCUT2D eigenvalue weighted by atomic mass is 10.3. The second kappa shape index (κ2) is 5.40. The van der Waals surface area contributed by atoms with Crippen LogP contribution in [0.5, 0.6) is 0 Å². The number of carbonyl (C=O) groups is 1. The van der Waals surface area contributed by atoms with Crippen LogP contribution in [0.4, 0.5) is 0 Å². The predicted octanol–water partition coefficient (Wildman–Crippen LogP) is 2.54. The Morgan fingerprint density at radius 3 is 2.86 bits per heavy atom. The van der Waals surface area contributed by atoms with Crippen molar-refractivity contribution in [2.75, 3.05) is 0 Å². The van der Waals surface area contributed by atoms with Gasteiger partial charge < -0.3 is 9.73 Å². The van der Waals surface area contributed by atoms with Gasteiger partial charge in [-0.1, -0.05) is 12.1 Å². The van der Waals surface area contributed by atoms with Gasteiger partial charge in [0.25, 0.3) is 5.91 Å². The van der Waals surface area contributed by atoms with Gasteiger partial charge in [0.15, 0.2) is 5.58 Å². The molecule has 0 radical (unpaired) electrons. The summed E-state index contributed by atoms with van der Waals surface area (Å²) in [5.74, 6) is 0.240. The van der Waals surface area contributed by atoms with E-state index in [1.54, 1.807) is 16.9 Å². The molecule has 0 saturated heterocycles. The number of benzene rings is 1. The molecule has 3 rings (SSSR count). The number of nitrogens with zero attached hydrogens (tertiary/aromatic N) is 3. The van der Waals surface area contributed by atoms with Gasteiger partial charge in [-0.05, 0) is 32.0 Å². The average Bonchev–Trinajstić information content (AvgIpc) is 3.11. The molecule has 2 aromatic heterocycles. The highest BCUT2D eigenvalue weighted by Crippen LogP contribution is 2.14. The minimum atomic E-state index is -0.239. The molecule has 21 heavy (non-hydrogen) atoms. The number of amides is 1. The predicted molar refractivity (Wildman–Crippen MR) is 77.8 cm³/mol. The Kier molecular flexibility index (Phi) is 3.43. The Morgan fingerprint density at radius 1 is 1.33 bits per heavy atom. The molecular weight excluding hydrogens is 268 g/mol. The van der Waals surface area contributed by atoms with Crippen molar-refractivity contribution in [1.29, 1.82) is 0 Å². The molecule has 0 unspecified atom stereocenters. The standard InChI is InChI=1S/C15H16N4O2/c1-10(2)19-8-7-12(18-19)15(20)16-9-14-17-11-5-3-4-6-13(11)21-14/h3-8,10H,9H2,1-2H3,(H,16,20). The van der Waals surface area contributed by atoms with Gasteiger partial charge in [0.2, 0.25) is 5.89 Å². The summed E-state index contributed by atoms with van der Waals surface area (Å²) in [6.07, 6.45) is 1.79. The van der Waals surface area contributed by atoms with Gasteiger partial charge in [0.05, 0.1) is 6.54 Å². The van der Waals surface area contributed by atoms with Gasteiger partial charge in [-0.2, -0.15) is 5.10 Å². The van der Waals surface area contributed by atoms with Crippen LogP contribution in [-0.4, -0.2) is 20.7 Å². The minimum Gasteiger partial charge on any atom is -0.439 e. The topological polar surface area (TPSA) is 73.0 Å². The lowest BCUT2D eigenvalue weighted by Crippen LogP contribution is -2.23. The number of fused-ring (bicyclic) bond motifs is 1. The summed E-state index contributed by atoms with van der Waals surface area (Å²) in [5, 5.41) is 6.98. The summed E-state index contributed by atoms with van der Waals surface area (Å²) in [6.45, 7) is 4.25. The number of nitrogens with one attached hydrogen (secondary N) is 1. The van der Waals surface area contributed by atoms with Gasteiger partial charge in [-0.25, -0.2) is 4.98 Å². The average molecular weight is 284 g/mol. The van der Waals surface area contributed by atoms with Crippen molar-refractivity contribution in [3.05, 3.63) is 48.1 Å². The van der Waals surface area contributed by atoms with E-state index in [0.29, 0.717) is 17.2 Å². The number of hydrogen-bond acceptors (Lipinski definition) is 4. The summed E-state index contributed by atoms with van der Waals surface area (Å²) >= 11 is 0. The third kappa shape index (κ3) is 2.79. The van der Waals surface area contributed by atoms with E-state index in [1.807, 2.05) is 38.1 Å². The molecule has 0 saturated carbocycles. The molecule has 1 amide bonds. The van der Waals surface area contributed by atoms with E-state index in [4.69, 9.17) is 4.42 Å². The lowest BCUT2D eigenvalue weighted by molar-refractivity contribution is 0.0941. The lowest BCUT2D eigenvalue weighted by Gasteiger charge is -2.03. The van der Waals surface area contributed by atoms with E-state index in [0.717, 1.165) is 5.52 Å². The largest absolute Gasteiger partial charge is 0.439 e. The van der Waals surface area contributed by atoms with Crippen molar-refractivity contribution in [3.63, 3.8) is 0 Å². The molecule has 0 aliphatic rings. The maximum Gasteiger partial charge on any atom is 0.272 e. The van der Waals surface area contributed by atoms with Gasteiger partial charge in [-0.15, -0.1) is 0 Å². The van der Waals surface area contributed by atoms with Crippen LogP contribution in [0.25, 0.3) is 11.1 Å². The van der Waals surface area contributed by atoms with Gasteiger partial charge >= 0.3 is 0 Å². The normalized spacial score (nSPS) is 11.2. The first-order valence-electron chi connectivity index (χ1n) is 6.81. The Morgan fingerprint density at radius 2 is 2.14 bits per heavy atom. The van der Waals surface area contributed by atoms with Crippen molar-refractivity contribution in [2.24, 2.45) is 0 Å².